The van der Waals surface area contributed by atoms with Gasteiger partial charge in [0.1, 0.15) is 29.1 Å². The number of piperidine rings is 1. The number of hydrogen-bond donors (Lipinski definition) is 2. The molecule has 0 bridgehead atoms. The predicted octanol–water partition coefficient (Wildman–Crippen LogP) is 5.16. The Morgan fingerprint density at radius 1 is 1.05 bits per heavy atom. The summed E-state index contributed by atoms with van der Waals surface area (Å²) in [5, 5.41) is 26.6. The average molecular weight is 587 g/mol. The molecule has 9 nitrogen and oxygen atoms in total. The second-order valence-corrected chi connectivity index (χ2v) is 10.2. The molecule has 5 heterocycles. The number of aryl methyl sites for hydroxylation is 1. The smallest absolute Gasteiger partial charge is 0.233 e. The van der Waals surface area contributed by atoms with E-state index in [1.54, 1.807) is 28.9 Å². The summed E-state index contributed by atoms with van der Waals surface area (Å²) in [5.74, 6) is 0.868. The van der Waals surface area contributed by atoms with Crippen molar-refractivity contribution >= 4 is 42.9 Å². The minimum atomic E-state index is -1.21. The number of pyridine rings is 2. The molecule has 0 aromatic carbocycles. The number of aromatic nitrogens is 6. The molecule has 0 amide bonds. The van der Waals surface area contributed by atoms with E-state index in [0.717, 1.165) is 16.8 Å². The molecule has 2 N–H and O–H groups in total. The summed E-state index contributed by atoms with van der Waals surface area (Å²) >= 11 is 0. The van der Waals surface area contributed by atoms with Crippen LogP contribution in [0.15, 0.2) is 42.7 Å². The Kier molecular flexibility index (Phi) is 9.53. The van der Waals surface area contributed by atoms with Gasteiger partial charge >= 0.3 is 0 Å². The Bertz CT molecular complexity index is 1400. The van der Waals surface area contributed by atoms with Crippen LogP contribution < -0.4 is 10.1 Å². The van der Waals surface area contributed by atoms with Crippen molar-refractivity contribution in [2.24, 2.45) is 0 Å². The van der Waals surface area contributed by atoms with Gasteiger partial charge in [-0.15, -0.1) is 47.4 Å². The van der Waals surface area contributed by atoms with Crippen molar-refractivity contribution in [3.05, 3.63) is 48.5 Å². The van der Waals surface area contributed by atoms with E-state index < -0.39 is 17.8 Å². The summed E-state index contributed by atoms with van der Waals surface area (Å²) < 4.78 is 22.6. The van der Waals surface area contributed by atoms with Gasteiger partial charge in [-0.3, -0.25) is 0 Å². The molecule has 4 aromatic heterocycles. The Balaban J connectivity index is 0.00000169. The average Bonchev–Trinajstić information content (AvgIpc) is 3.16. The highest BCUT2D eigenvalue weighted by atomic mass is 35.5. The zero-order chi connectivity index (χ0) is 25.0. The van der Waals surface area contributed by atoms with Crippen LogP contribution in [-0.4, -0.2) is 58.2 Å². The number of rotatable bonds is 4. The van der Waals surface area contributed by atoms with Gasteiger partial charge in [-0.2, -0.15) is 5.10 Å². The maximum absolute atomic E-state index is 15.0. The molecule has 0 spiro atoms. The molecule has 1 fully saturated rings. The van der Waals surface area contributed by atoms with Gasteiger partial charge < -0.3 is 15.2 Å². The normalized spacial score (nSPS) is 19.5. The molecule has 1 aliphatic heterocycles. The molecule has 0 saturated carbocycles. The summed E-state index contributed by atoms with van der Waals surface area (Å²) in [5.41, 5.74) is 1.96. The van der Waals surface area contributed by atoms with Gasteiger partial charge in [-0.25, -0.2) is 18.9 Å². The second-order valence-electron chi connectivity index (χ2n) is 10.2. The lowest BCUT2D eigenvalue weighted by Crippen LogP contribution is -2.66. The lowest BCUT2D eigenvalue weighted by molar-refractivity contribution is -0.0281. The maximum Gasteiger partial charge on any atom is 0.233 e. The first kappa shape index (κ1) is 31.4. The molecule has 5 rings (SSSR count). The Labute approximate surface area is 238 Å². The van der Waals surface area contributed by atoms with Crippen molar-refractivity contribution in [3.8, 4) is 34.1 Å². The van der Waals surface area contributed by atoms with Gasteiger partial charge in [0.25, 0.3) is 0 Å². The number of aromatic hydroxyl groups is 1. The van der Waals surface area contributed by atoms with Gasteiger partial charge in [-0.05, 0) is 58.9 Å². The van der Waals surface area contributed by atoms with Gasteiger partial charge in [0.2, 0.25) is 5.88 Å². The highest BCUT2D eigenvalue weighted by Gasteiger charge is 2.47. The Morgan fingerprint density at radius 2 is 1.79 bits per heavy atom. The third-order valence-electron chi connectivity index (χ3n) is 6.18. The minimum absolute atomic E-state index is 0. The molecular formula is C25H31Cl3FN7O2. The zero-order valence-electron chi connectivity index (χ0n) is 21.5. The van der Waals surface area contributed by atoms with Crippen molar-refractivity contribution in [1.29, 1.82) is 0 Å². The van der Waals surface area contributed by atoms with E-state index in [9.17, 15) is 5.11 Å². The number of halogens is 4. The molecule has 0 radical (unpaired) electrons. The Hall–Kier alpha value is -2.79. The number of nitrogens with one attached hydrogen (secondary N) is 1. The SMILES string of the molecule is Cc1nc2ccc(-c3cnc(-c4ccc(O[C@H]5CC(C)(C)NC(C)(C)[C@H]5F)nn4)c(O)c3)cn2n1.Cl.Cl.Cl. The van der Waals surface area contributed by atoms with Crippen molar-refractivity contribution in [2.45, 2.75) is 64.4 Å². The minimum Gasteiger partial charge on any atom is -0.506 e. The molecule has 13 heteroatoms. The molecule has 206 valence electrons. The first-order valence-corrected chi connectivity index (χ1v) is 11.5. The zero-order valence-corrected chi connectivity index (χ0v) is 24.0. The van der Waals surface area contributed by atoms with E-state index in [1.165, 1.54) is 0 Å². The number of fused-ring (bicyclic) bond motifs is 1. The van der Waals surface area contributed by atoms with E-state index in [2.05, 4.69) is 30.6 Å². The molecule has 0 aliphatic carbocycles. The molecule has 38 heavy (non-hydrogen) atoms. The van der Waals surface area contributed by atoms with Crippen molar-refractivity contribution in [1.82, 2.24) is 35.1 Å². The third-order valence-corrected chi connectivity index (χ3v) is 6.18. The van der Waals surface area contributed by atoms with Crippen molar-refractivity contribution in [3.63, 3.8) is 0 Å². The van der Waals surface area contributed by atoms with Crippen LogP contribution in [0.4, 0.5) is 4.39 Å². The van der Waals surface area contributed by atoms with Crippen LogP contribution in [0.1, 0.15) is 39.9 Å². The van der Waals surface area contributed by atoms with E-state index >= 15 is 4.39 Å². The maximum atomic E-state index is 15.0. The topological polar surface area (TPSA) is 110 Å². The van der Waals surface area contributed by atoms with Crippen LogP contribution in [0.5, 0.6) is 11.6 Å². The number of nitrogens with zero attached hydrogens (tertiary/aromatic N) is 6. The summed E-state index contributed by atoms with van der Waals surface area (Å²) in [4.78, 5) is 8.72. The summed E-state index contributed by atoms with van der Waals surface area (Å²) in [6.07, 6.45) is 2.11. The van der Waals surface area contributed by atoms with Gasteiger partial charge in [0.05, 0.1) is 0 Å². The van der Waals surface area contributed by atoms with Gasteiger partial charge in [0, 0.05) is 47.1 Å². The highest BCUT2D eigenvalue weighted by Crippen LogP contribution is 2.34. The fourth-order valence-corrected chi connectivity index (χ4v) is 4.80. The number of alkyl halides is 1. The standard InChI is InChI=1S/C25H28FN7O2.3ClH/c1-14-28-20-8-6-15(13-33(20)31-14)16-10-18(34)22(27-12-16)17-7-9-21(30-29-17)35-19-11-24(2,3)32-25(4,5)23(19)26;;;/h6-10,12-13,19,23,32,34H,11H2,1-5H3;3*1H/t19-,23-;;;/m0.../s1. The summed E-state index contributed by atoms with van der Waals surface area (Å²) in [6, 6.07) is 8.64. The third kappa shape index (κ3) is 6.26. The number of hydrogen-bond acceptors (Lipinski definition) is 8. The molecule has 1 aliphatic rings. The largest absolute Gasteiger partial charge is 0.506 e. The molecule has 2 atom stereocenters. The van der Waals surface area contributed by atoms with Crippen LogP contribution in [0, 0.1) is 6.92 Å². The first-order chi connectivity index (χ1) is 16.5. The number of ether oxygens (including phenoxy) is 1. The van der Waals surface area contributed by atoms with Crippen molar-refractivity contribution < 1.29 is 14.2 Å². The second kappa shape index (κ2) is 11.5. The molecular weight excluding hydrogens is 556 g/mol. The lowest BCUT2D eigenvalue weighted by Gasteiger charge is -2.48. The molecule has 1 saturated heterocycles. The van der Waals surface area contributed by atoms with E-state index in [0.29, 0.717) is 17.9 Å². The van der Waals surface area contributed by atoms with Crippen LogP contribution in [0.25, 0.3) is 28.2 Å². The van der Waals surface area contributed by atoms with E-state index in [4.69, 9.17) is 4.74 Å². The van der Waals surface area contributed by atoms with Crippen LogP contribution in [0.3, 0.4) is 0 Å². The van der Waals surface area contributed by atoms with E-state index in [1.807, 2.05) is 52.9 Å². The molecule has 4 aromatic rings. The van der Waals surface area contributed by atoms with Crippen LogP contribution >= 0.6 is 37.2 Å². The monoisotopic (exact) mass is 585 g/mol. The van der Waals surface area contributed by atoms with Gasteiger partial charge in [0.15, 0.2) is 11.8 Å². The van der Waals surface area contributed by atoms with E-state index in [-0.39, 0.29) is 60.1 Å². The van der Waals surface area contributed by atoms with Crippen LogP contribution in [0.2, 0.25) is 0 Å². The van der Waals surface area contributed by atoms with Crippen LogP contribution in [-0.2, 0) is 0 Å². The quantitative estimate of drug-likeness (QED) is 0.337. The highest BCUT2D eigenvalue weighted by molar-refractivity contribution is 5.86. The Morgan fingerprint density at radius 3 is 2.45 bits per heavy atom. The molecule has 0 unspecified atom stereocenters. The summed E-state index contributed by atoms with van der Waals surface area (Å²) in [7, 11) is 0. The summed E-state index contributed by atoms with van der Waals surface area (Å²) in [6.45, 7) is 9.53. The first-order valence-electron chi connectivity index (χ1n) is 11.5. The van der Waals surface area contributed by atoms with Gasteiger partial charge in [-0.1, -0.05) is 0 Å². The van der Waals surface area contributed by atoms with Crippen molar-refractivity contribution in [2.75, 3.05) is 0 Å². The fraction of sp³-hybridized carbons (Fsp3) is 0.400. The fourth-order valence-electron chi connectivity index (χ4n) is 4.80. The lowest BCUT2D eigenvalue weighted by atomic mass is 9.79. The predicted molar refractivity (Wildman–Crippen MR) is 151 cm³/mol.